The summed E-state index contributed by atoms with van der Waals surface area (Å²) in [6.07, 6.45) is 3.91. The molecule has 3 nitrogen and oxygen atoms in total. The lowest BCUT2D eigenvalue weighted by Crippen LogP contribution is -1.78. The first-order valence-electron chi connectivity index (χ1n) is 4.13. The maximum absolute atomic E-state index is 4.85. The Morgan fingerprint density at radius 2 is 2.00 bits per heavy atom. The Morgan fingerprint density at radius 1 is 1.31 bits per heavy atom. The summed E-state index contributed by atoms with van der Waals surface area (Å²) in [5, 5.41) is 6.78. The van der Waals surface area contributed by atoms with E-state index in [2.05, 4.69) is 41.5 Å². The monoisotopic (exact) mass is 175 g/mol. The Morgan fingerprint density at radius 3 is 2.62 bits per heavy atom. The molecular weight excluding hydrogens is 162 g/mol. The maximum Gasteiger partial charge on any atom is 0.0804 e. The lowest BCUT2D eigenvalue weighted by atomic mass is 10.1. The molecule has 2 N–H and O–H groups in total. The van der Waals surface area contributed by atoms with Crippen LogP contribution >= 0.6 is 0 Å². The molecule has 68 valence electrons. The van der Waals surface area contributed by atoms with Gasteiger partial charge in [0.2, 0.25) is 0 Å². The van der Waals surface area contributed by atoms with Gasteiger partial charge in [-0.15, -0.1) is 0 Å². The van der Waals surface area contributed by atoms with Crippen molar-refractivity contribution in [1.29, 1.82) is 0 Å². The Kier molecular flexibility index (Phi) is 3.70. The average Bonchev–Trinajstić information content (AvgIpc) is 2.15. The summed E-state index contributed by atoms with van der Waals surface area (Å²) >= 11 is 0. The van der Waals surface area contributed by atoms with E-state index in [0.29, 0.717) is 6.54 Å². The summed E-state index contributed by atoms with van der Waals surface area (Å²) in [5.41, 5.74) is 2.43. The van der Waals surface area contributed by atoms with E-state index in [1.807, 2.05) is 12.2 Å². The summed E-state index contributed by atoms with van der Waals surface area (Å²) in [4.78, 5) is 0. The molecule has 0 radical (unpaired) electrons. The van der Waals surface area contributed by atoms with Gasteiger partial charge in [0, 0.05) is 0 Å². The molecule has 0 aromatic heterocycles. The second-order valence-electron chi connectivity index (χ2n) is 2.75. The summed E-state index contributed by atoms with van der Waals surface area (Å²) in [6, 6.07) is 8.27. The minimum Gasteiger partial charge on any atom is -0.305 e. The van der Waals surface area contributed by atoms with Gasteiger partial charge in [0.05, 0.1) is 6.54 Å². The number of nitrogens with zero attached hydrogens (tertiary/aromatic N) is 2. The summed E-state index contributed by atoms with van der Waals surface area (Å²) in [6.45, 7) is 2.60. The third kappa shape index (κ3) is 3.51. The first-order valence-corrected chi connectivity index (χ1v) is 4.13. The van der Waals surface area contributed by atoms with Crippen molar-refractivity contribution in [3.63, 3.8) is 0 Å². The highest BCUT2D eigenvalue weighted by Gasteiger charge is 1.84. The van der Waals surface area contributed by atoms with E-state index in [1.54, 1.807) is 0 Å². The predicted octanol–water partition coefficient (Wildman–Crippen LogP) is 2.33. The molecule has 0 aliphatic carbocycles. The van der Waals surface area contributed by atoms with Crippen molar-refractivity contribution in [2.75, 3.05) is 6.54 Å². The van der Waals surface area contributed by atoms with E-state index in [9.17, 15) is 0 Å². The standard InChI is InChI=1S/C10H13N3/c1-9-4-6-10(7-5-9)3-2-8-12-13-11/h2-7H,8H2,1H3,(H2,11,12)/b3-2+. The van der Waals surface area contributed by atoms with Gasteiger partial charge < -0.3 is 5.84 Å². The Balaban J connectivity index is 2.54. The van der Waals surface area contributed by atoms with Gasteiger partial charge in [-0.1, -0.05) is 47.2 Å². The minimum absolute atomic E-state index is 0.532. The van der Waals surface area contributed by atoms with Crippen LogP contribution in [0, 0.1) is 6.92 Å². The average molecular weight is 175 g/mol. The molecular formula is C10H13N3. The molecule has 0 saturated heterocycles. The normalized spacial score (nSPS) is 11.5. The smallest absolute Gasteiger partial charge is 0.0804 e. The Hall–Kier alpha value is -1.64. The predicted molar refractivity (Wildman–Crippen MR) is 54.1 cm³/mol. The van der Waals surface area contributed by atoms with Crippen LogP contribution in [0.25, 0.3) is 6.08 Å². The van der Waals surface area contributed by atoms with Gasteiger partial charge in [0.15, 0.2) is 0 Å². The zero-order chi connectivity index (χ0) is 9.52. The van der Waals surface area contributed by atoms with E-state index in [4.69, 9.17) is 5.84 Å². The van der Waals surface area contributed by atoms with E-state index in [-0.39, 0.29) is 0 Å². The zero-order valence-electron chi connectivity index (χ0n) is 7.64. The van der Waals surface area contributed by atoms with Crippen molar-refractivity contribution in [2.24, 2.45) is 16.2 Å². The molecule has 0 heterocycles. The Bertz CT molecular complexity index is 298. The van der Waals surface area contributed by atoms with Crippen LogP contribution in [0.15, 0.2) is 40.7 Å². The highest BCUT2D eigenvalue weighted by Crippen LogP contribution is 2.04. The van der Waals surface area contributed by atoms with Gasteiger partial charge in [0.1, 0.15) is 0 Å². The first kappa shape index (κ1) is 9.45. The number of hydrogen-bond acceptors (Lipinski definition) is 2. The molecule has 13 heavy (non-hydrogen) atoms. The summed E-state index contributed by atoms with van der Waals surface area (Å²) in [7, 11) is 0. The van der Waals surface area contributed by atoms with Crippen LogP contribution in [-0.4, -0.2) is 6.54 Å². The maximum atomic E-state index is 4.85. The van der Waals surface area contributed by atoms with Crippen LogP contribution in [0.1, 0.15) is 11.1 Å². The van der Waals surface area contributed by atoms with Crippen LogP contribution in [0.5, 0.6) is 0 Å². The molecule has 0 fully saturated rings. The van der Waals surface area contributed by atoms with Gasteiger partial charge in [0.25, 0.3) is 0 Å². The van der Waals surface area contributed by atoms with E-state index < -0.39 is 0 Å². The highest BCUT2D eigenvalue weighted by molar-refractivity contribution is 5.49. The fourth-order valence-corrected chi connectivity index (χ4v) is 0.961. The third-order valence-electron chi connectivity index (χ3n) is 1.66. The molecule has 0 aliphatic rings. The van der Waals surface area contributed by atoms with Gasteiger partial charge >= 0.3 is 0 Å². The van der Waals surface area contributed by atoms with Crippen LogP contribution in [0.4, 0.5) is 0 Å². The first-order chi connectivity index (χ1) is 6.33. The number of aryl methyl sites for hydroxylation is 1. The zero-order valence-corrected chi connectivity index (χ0v) is 7.64. The van der Waals surface area contributed by atoms with Crippen molar-refractivity contribution in [2.45, 2.75) is 6.92 Å². The topological polar surface area (TPSA) is 50.7 Å². The van der Waals surface area contributed by atoms with E-state index >= 15 is 0 Å². The van der Waals surface area contributed by atoms with Crippen LogP contribution < -0.4 is 5.84 Å². The lowest BCUT2D eigenvalue weighted by Gasteiger charge is -1.93. The molecule has 0 unspecified atom stereocenters. The molecule has 1 aromatic carbocycles. The highest BCUT2D eigenvalue weighted by atomic mass is 15.3. The summed E-state index contributed by atoms with van der Waals surface area (Å²) < 4.78 is 0. The quantitative estimate of drug-likeness (QED) is 0.428. The van der Waals surface area contributed by atoms with Crippen molar-refractivity contribution in [3.05, 3.63) is 41.5 Å². The van der Waals surface area contributed by atoms with Gasteiger partial charge in [-0.05, 0) is 12.5 Å². The largest absolute Gasteiger partial charge is 0.305 e. The SMILES string of the molecule is Cc1ccc(/C=C/CN=NN)cc1. The van der Waals surface area contributed by atoms with Gasteiger partial charge in [-0.2, -0.15) is 5.11 Å². The van der Waals surface area contributed by atoms with E-state index in [1.165, 1.54) is 5.56 Å². The molecule has 0 spiro atoms. The van der Waals surface area contributed by atoms with E-state index in [0.717, 1.165) is 5.56 Å². The molecule has 0 amide bonds. The van der Waals surface area contributed by atoms with Crippen molar-refractivity contribution in [3.8, 4) is 0 Å². The number of nitrogens with two attached hydrogens (primary N) is 1. The molecule has 1 rings (SSSR count). The molecule has 0 aliphatic heterocycles. The minimum atomic E-state index is 0.532. The third-order valence-corrected chi connectivity index (χ3v) is 1.66. The van der Waals surface area contributed by atoms with Crippen LogP contribution in [0.3, 0.4) is 0 Å². The number of rotatable bonds is 3. The molecule has 1 aromatic rings. The van der Waals surface area contributed by atoms with Gasteiger partial charge in [-0.3, -0.25) is 0 Å². The molecule has 3 heteroatoms. The number of benzene rings is 1. The fraction of sp³-hybridized carbons (Fsp3) is 0.200. The van der Waals surface area contributed by atoms with Crippen molar-refractivity contribution < 1.29 is 0 Å². The second-order valence-corrected chi connectivity index (χ2v) is 2.75. The van der Waals surface area contributed by atoms with Crippen molar-refractivity contribution >= 4 is 6.08 Å². The van der Waals surface area contributed by atoms with Gasteiger partial charge in [-0.25, -0.2) is 0 Å². The second kappa shape index (κ2) is 5.09. The number of hydrogen-bond donors (Lipinski definition) is 1. The fourth-order valence-electron chi connectivity index (χ4n) is 0.961. The molecule has 0 bridgehead atoms. The molecule has 0 atom stereocenters. The van der Waals surface area contributed by atoms with Crippen LogP contribution in [-0.2, 0) is 0 Å². The summed E-state index contributed by atoms with van der Waals surface area (Å²) in [5.74, 6) is 4.85. The van der Waals surface area contributed by atoms with Crippen molar-refractivity contribution in [1.82, 2.24) is 0 Å². The lowest BCUT2D eigenvalue weighted by molar-refractivity contribution is 0.968. The Labute approximate surface area is 78.0 Å². The molecule has 0 saturated carbocycles. The van der Waals surface area contributed by atoms with Crippen LogP contribution in [0.2, 0.25) is 0 Å².